The van der Waals surface area contributed by atoms with E-state index in [1.54, 1.807) is 23.0 Å². The van der Waals surface area contributed by atoms with Crippen LogP contribution in [0.25, 0.3) is 11.3 Å². The number of aryl methyl sites for hydroxylation is 1. The van der Waals surface area contributed by atoms with E-state index in [2.05, 4.69) is 5.10 Å². The quantitative estimate of drug-likeness (QED) is 0.663. The molecule has 0 aliphatic carbocycles. The molecule has 0 aliphatic heterocycles. The van der Waals surface area contributed by atoms with Gasteiger partial charge in [0.05, 0.1) is 10.6 Å². The van der Waals surface area contributed by atoms with Crippen molar-refractivity contribution in [3.05, 3.63) is 40.6 Å². The molecule has 0 saturated carbocycles. The normalized spacial score (nSPS) is 10.5. The van der Waals surface area contributed by atoms with E-state index in [4.69, 9.17) is 5.73 Å². The van der Waals surface area contributed by atoms with E-state index in [1.807, 2.05) is 6.92 Å². The zero-order chi connectivity index (χ0) is 13.1. The number of anilines is 1. The molecule has 2 N–H and O–H groups in total. The third-order valence-electron chi connectivity index (χ3n) is 2.57. The molecule has 0 bridgehead atoms. The van der Waals surface area contributed by atoms with Gasteiger partial charge in [-0.25, -0.2) is 0 Å². The average molecular weight is 246 g/mol. The minimum absolute atomic E-state index is 0.0388. The van der Waals surface area contributed by atoms with Crippen molar-refractivity contribution in [3.8, 4) is 11.3 Å². The summed E-state index contributed by atoms with van der Waals surface area (Å²) in [6.45, 7) is 2.82. The van der Waals surface area contributed by atoms with E-state index in [0.717, 1.165) is 13.0 Å². The number of nitro benzene ring substituents is 1. The topological polar surface area (TPSA) is 87.0 Å². The lowest BCUT2D eigenvalue weighted by Crippen LogP contribution is -1.97. The molecular weight excluding hydrogens is 232 g/mol. The molecule has 1 aromatic heterocycles. The first kappa shape index (κ1) is 12.1. The van der Waals surface area contributed by atoms with E-state index in [9.17, 15) is 10.1 Å². The van der Waals surface area contributed by atoms with Crippen LogP contribution in [0.5, 0.6) is 0 Å². The van der Waals surface area contributed by atoms with Crippen molar-refractivity contribution in [2.45, 2.75) is 19.9 Å². The van der Waals surface area contributed by atoms with Crippen molar-refractivity contribution < 1.29 is 4.92 Å². The van der Waals surface area contributed by atoms with Gasteiger partial charge in [0.2, 0.25) is 0 Å². The summed E-state index contributed by atoms with van der Waals surface area (Å²) in [6.07, 6.45) is 2.70. The maximum absolute atomic E-state index is 10.7. The molecule has 0 amide bonds. The lowest BCUT2D eigenvalue weighted by atomic mass is 10.1. The van der Waals surface area contributed by atoms with Crippen LogP contribution < -0.4 is 5.73 Å². The molecule has 0 aliphatic rings. The van der Waals surface area contributed by atoms with Gasteiger partial charge in [-0.3, -0.25) is 14.8 Å². The maximum Gasteiger partial charge on any atom is 0.270 e. The van der Waals surface area contributed by atoms with Crippen LogP contribution >= 0.6 is 0 Å². The number of rotatable bonds is 4. The largest absolute Gasteiger partial charge is 0.396 e. The lowest BCUT2D eigenvalue weighted by Gasteiger charge is -1.99. The van der Waals surface area contributed by atoms with Crippen molar-refractivity contribution in [1.82, 2.24) is 9.78 Å². The molecule has 0 saturated heterocycles. The van der Waals surface area contributed by atoms with Gasteiger partial charge >= 0.3 is 0 Å². The van der Waals surface area contributed by atoms with Crippen LogP contribution in [0.2, 0.25) is 0 Å². The Bertz CT molecular complexity index is 577. The summed E-state index contributed by atoms with van der Waals surface area (Å²) >= 11 is 0. The first-order valence-corrected chi connectivity index (χ1v) is 5.69. The number of nitrogens with two attached hydrogens (primary N) is 1. The molecule has 6 nitrogen and oxygen atoms in total. The van der Waals surface area contributed by atoms with Crippen LogP contribution in [0.15, 0.2) is 30.5 Å². The Morgan fingerprint density at radius 1 is 1.50 bits per heavy atom. The molecule has 0 radical (unpaired) electrons. The number of non-ortho nitro benzene ring substituents is 1. The fraction of sp³-hybridized carbons (Fsp3) is 0.250. The second kappa shape index (κ2) is 4.87. The molecule has 0 atom stereocenters. The maximum atomic E-state index is 10.7. The Hall–Kier alpha value is -2.37. The van der Waals surface area contributed by atoms with Crippen LogP contribution in [-0.4, -0.2) is 14.7 Å². The first-order valence-electron chi connectivity index (χ1n) is 5.69. The molecule has 1 aromatic carbocycles. The number of hydrogen-bond acceptors (Lipinski definition) is 4. The molecular formula is C12H14N4O2. The highest BCUT2D eigenvalue weighted by Gasteiger charge is 2.12. The fourth-order valence-electron chi connectivity index (χ4n) is 1.77. The Labute approximate surface area is 104 Å². The minimum atomic E-state index is -0.428. The van der Waals surface area contributed by atoms with Crippen molar-refractivity contribution in [1.29, 1.82) is 0 Å². The monoisotopic (exact) mass is 246 g/mol. The zero-order valence-corrected chi connectivity index (χ0v) is 10.0. The average Bonchev–Trinajstić information content (AvgIpc) is 2.71. The third kappa shape index (κ3) is 2.32. The number of aromatic nitrogens is 2. The second-order valence-corrected chi connectivity index (χ2v) is 4.00. The Kier molecular flexibility index (Phi) is 3.27. The molecule has 94 valence electrons. The number of nitrogen functional groups attached to an aromatic ring is 1. The number of hydrogen-bond donors (Lipinski definition) is 1. The molecule has 1 heterocycles. The second-order valence-electron chi connectivity index (χ2n) is 4.00. The minimum Gasteiger partial charge on any atom is -0.396 e. The van der Waals surface area contributed by atoms with Crippen molar-refractivity contribution >= 4 is 11.4 Å². The van der Waals surface area contributed by atoms with Crippen LogP contribution in [0.3, 0.4) is 0 Å². The summed E-state index contributed by atoms with van der Waals surface area (Å²) in [5, 5.41) is 15.1. The standard InChI is InChI=1S/C12H14N4O2/c1-2-6-15-8-11(13)12(14-15)9-4-3-5-10(7-9)16(17)18/h3-5,7-8H,2,6,13H2,1H3. The van der Waals surface area contributed by atoms with Gasteiger partial charge in [0, 0.05) is 30.4 Å². The zero-order valence-electron chi connectivity index (χ0n) is 10.0. The van der Waals surface area contributed by atoms with Gasteiger partial charge in [-0.05, 0) is 6.42 Å². The Balaban J connectivity index is 2.41. The van der Waals surface area contributed by atoms with Crippen molar-refractivity contribution in [3.63, 3.8) is 0 Å². The fourth-order valence-corrected chi connectivity index (χ4v) is 1.77. The number of benzene rings is 1. The summed E-state index contributed by atoms with van der Waals surface area (Å²) in [7, 11) is 0. The van der Waals surface area contributed by atoms with Crippen LogP contribution in [0, 0.1) is 10.1 Å². The van der Waals surface area contributed by atoms with Crippen LogP contribution in [0.4, 0.5) is 11.4 Å². The van der Waals surface area contributed by atoms with Gasteiger partial charge in [0.15, 0.2) is 0 Å². The lowest BCUT2D eigenvalue weighted by molar-refractivity contribution is -0.384. The summed E-state index contributed by atoms with van der Waals surface area (Å²) < 4.78 is 1.75. The smallest absolute Gasteiger partial charge is 0.270 e. The summed E-state index contributed by atoms with van der Waals surface area (Å²) in [4.78, 5) is 10.3. The molecule has 2 aromatic rings. The summed E-state index contributed by atoms with van der Waals surface area (Å²) in [5.74, 6) is 0. The van der Waals surface area contributed by atoms with E-state index in [-0.39, 0.29) is 5.69 Å². The Morgan fingerprint density at radius 2 is 2.28 bits per heavy atom. The van der Waals surface area contributed by atoms with Crippen LogP contribution in [-0.2, 0) is 6.54 Å². The Morgan fingerprint density at radius 3 is 2.94 bits per heavy atom. The van der Waals surface area contributed by atoms with E-state index in [1.165, 1.54) is 12.1 Å². The van der Waals surface area contributed by atoms with Gasteiger partial charge in [-0.15, -0.1) is 0 Å². The van der Waals surface area contributed by atoms with Gasteiger partial charge in [0.25, 0.3) is 5.69 Å². The van der Waals surface area contributed by atoms with Crippen LogP contribution in [0.1, 0.15) is 13.3 Å². The third-order valence-corrected chi connectivity index (χ3v) is 2.57. The predicted octanol–water partition coefficient (Wildman–Crippen LogP) is 2.45. The molecule has 0 fully saturated rings. The van der Waals surface area contributed by atoms with Gasteiger partial charge in [-0.2, -0.15) is 5.10 Å². The SMILES string of the molecule is CCCn1cc(N)c(-c2cccc([N+](=O)[O-])c2)n1. The van der Waals surface area contributed by atoms with Gasteiger partial charge in [0.1, 0.15) is 5.69 Å². The summed E-state index contributed by atoms with van der Waals surface area (Å²) in [6, 6.07) is 6.32. The van der Waals surface area contributed by atoms with E-state index >= 15 is 0 Å². The highest BCUT2D eigenvalue weighted by Crippen LogP contribution is 2.27. The van der Waals surface area contributed by atoms with Gasteiger partial charge < -0.3 is 5.73 Å². The molecule has 18 heavy (non-hydrogen) atoms. The molecule has 6 heteroatoms. The summed E-state index contributed by atoms with van der Waals surface area (Å²) in [5.41, 5.74) is 7.70. The first-order chi connectivity index (χ1) is 8.61. The van der Waals surface area contributed by atoms with E-state index in [0.29, 0.717) is 16.9 Å². The highest BCUT2D eigenvalue weighted by molar-refractivity contribution is 5.73. The van der Waals surface area contributed by atoms with E-state index < -0.39 is 4.92 Å². The molecule has 0 unspecified atom stereocenters. The van der Waals surface area contributed by atoms with Crippen molar-refractivity contribution in [2.24, 2.45) is 0 Å². The molecule has 0 spiro atoms. The van der Waals surface area contributed by atoms with Crippen molar-refractivity contribution in [2.75, 3.05) is 5.73 Å². The number of nitro groups is 1. The van der Waals surface area contributed by atoms with Gasteiger partial charge in [-0.1, -0.05) is 19.1 Å². The highest BCUT2D eigenvalue weighted by atomic mass is 16.6. The molecule has 2 rings (SSSR count). The predicted molar refractivity (Wildman–Crippen MR) is 69.0 cm³/mol. The number of nitrogens with zero attached hydrogens (tertiary/aromatic N) is 3.